The van der Waals surface area contributed by atoms with E-state index in [0.29, 0.717) is 23.0 Å². The first-order valence-corrected chi connectivity index (χ1v) is 8.52. The van der Waals surface area contributed by atoms with E-state index in [0.717, 1.165) is 11.1 Å². The molecule has 2 aromatic carbocycles. The van der Waals surface area contributed by atoms with Crippen LogP contribution >= 0.6 is 0 Å². The number of aromatic nitrogens is 2. The van der Waals surface area contributed by atoms with Gasteiger partial charge in [0.1, 0.15) is 5.92 Å². The van der Waals surface area contributed by atoms with Gasteiger partial charge in [-0.2, -0.15) is 10.4 Å². The van der Waals surface area contributed by atoms with Crippen LogP contribution in [-0.4, -0.2) is 30.4 Å². The third-order valence-electron chi connectivity index (χ3n) is 4.01. The summed E-state index contributed by atoms with van der Waals surface area (Å²) < 4.78 is 10.6. The zero-order chi connectivity index (χ0) is 19.8. The van der Waals surface area contributed by atoms with Crippen LogP contribution in [-0.2, 0) is 0 Å². The summed E-state index contributed by atoms with van der Waals surface area (Å²) >= 11 is 0. The summed E-state index contributed by atoms with van der Waals surface area (Å²) in [5, 5.41) is 13.9. The summed E-state index contributed by atoms with van der Waals surface area (Å²) in [5.74, 6) is 0.993. The Morgan fingerprint density at radius 3 is 2.57 bits per heavy atom. The molecular weight excluding hydrogens is 354 g/mol. The third-order valence-corrected chi connectivity index (χ3v) is 4.01. The summed E-state index contributed by atoms with van der Waals surface area (Å²) in [4.78, 5) is 8.64. The smallest absolute Gasteiger partial charge is 0.165 e. The van der Waals surface area contributed by atoms with Crippen LogP contribution in [0.2, 0.25) is 0 Å². The zero-order valence-electron chi connectivity index (χ0n) is 15.5. The lowest BCUT2D eigenvalue weighted by atomic mass is 9.97. The normalized spacial score (nSPS) is 11.6. The second-order valence-corrected chi connectivity index (χ2v) is 5.79. The summed E-state index contributed by atoms with van der Waals surface area (Å²) in [7, 11) is 3.12. The number of anilines is 1. The number of hydrogen-bond acceptors (Lipinski definition) is 7. The van der Waals surface area contributed by atoms with Gasteiger partial charge in [0.25, 0.3) is 0 Å². The maximum absolute atomic E-state index is 9.70. The number of hydrogen-bond donors (Lipinski definition) is 1. The van der Waals surface area contributed by atoms with Crippen molar-refractivity contribution in [3.8, 4) is 17.6 Å². The summed E-state index contributed by atoms with van der Waals surface area (Å²) in [5.41, 5.74) is 5.05. The number of nitriles is 1. The number of methoxy groups -OCH3 is 2. The van der Waals surface area contributed by atoms with Crippen molar-refractivity contribution < 1.29 is 9.47 Å². The molecule has 0 fully saturated rings. The van der Waals surface area contributed by atoms with Gasteiger partial charge in [-0.1, -0.05) is 36.4 Å². The first-order valence-electron chi connectivity index (χ1n) is 8.52. The van der Waals surface area contributed by atoms with E-state index in [1.54, 1.807) is 45.0 Å². The average molecular weight is 373 g/mol. The van der Waals surface area contributed by atoms with Crippen molar-refractivity contribution >= 4 is 12.0 Å². The van der Waals surface area contributed by atoms with Crippen molar-refractivity contribution in [3.05, 3.63) is 77.7 Å². The van der Waals surface area contributed by atoms with Crippen LogP contribution in [0.15, 0.2) is 66.0 Å². The summed E-state index contributed by atoms with van der Waals surface area (Å²) in [6.45, 7) is 0. The number of ether oxygens (including phenoxy) is 2. The highest BCUT2D eigenvalue weighted by Crippen LogP contribution is 2.32. The molecule has 1 unspecified atom stereocenters. The van der Waals surface area contributed by atoms with E-state index in [9.17, 15) is 5.26 Å². The lowest BCUT2D eigenvalue weighted by molar-refractivity contribution is 0.354. The molecule has 1 atom stereocenters. The molecule has 0 amide bonds. The van der Waals surface area contributed by atoms with E-state index >= 15 is 0 Å². The number of rotatable bonds is 7. The van der Waals surface area contributed by atoms with Crippen LogP contribution in [0.25, 0.3) is 0 Å². The van der Waals surface area contributed by atoms with Gasteiger partial charge in [0.05, 0.1) is 44.6 Å². The molecule has 3 rings (SSSR count). The quantitative estimate of drug-likeness (QED) is 0.502. The van der Waals surface area contributed by atoms with Gasteiger partial charge in [-0.25, -0.2) is 4.98 Å². The van der Waals surface area contributed by atoms with Gasteiger partial charge in [0, 0.05) is 0 Å². The van der Waals surface area contributed by atoms with Crippen LogP contribution in [0.4, 0.5) is 5.82 Å². The molecule has 0 aliphatic carbocycles. The van der Waals surface area contributed by atoms with Crippen LogP contribution < -0.4 is 14.9 Å². The Morgan fingerprint density at radius 2 is 1.86 bits per heavy atom. The second-order valence-electron chi connectivity index (χ2n) is 5.79. The van der Waals surface area contributed by atoms with E-state index < -0.39 is 5.92 Å². The van der Waals surface area contributed by atoms with Gasteiger partial charge in [0.2, 0.25) is 0 Å². The molecule has 0 aliphatic rings. The van der Waals surface area contributed by atoms with Gasteiger partial charge in [-0.15, -0.1) is 0 Å². The SMILES string of the molecule is COc1ccc(C(C#N)c2cncc(N/N=C/c3ccccc3)n2)cc1OC. The molecule has 0 radical (unpaired) electrons. The van der Waals surface area contributed by atoms with E-state index in [1.807, 2.05) is 36.4 Å². The molecule has 1 N–H and O–H groups in total. The Balaban J connectivity index is 1.81. The molecule has 7 heteroatoms. The van der Waals surface area contributed by atoms with Crippen LogP contribution in [0.5, 0.6) is 11.5 Å². The van der Waals surface area contributed by atoms with E-state index in [-0.39, 0.29) is 0 Å². The zero-order valence-corrected chi connectivity index (χ0v) is 15.5. The van der Waals surface area contributed by atoms with Gasteiger partial charge in [-0.05, 0) is 23.3 Å². The van der Waals surface area contributed by atoms with E-state index in [4.69, 9.17) is 9.47 Å². The minimum atomic E-state index is -0.604. The van der Waals surface area contributed by atoms with Gasteiger partial charge >= 0.3 is 0 Å². The molecule has 0 saturated heterocycles. The fourth-order valence-electron chi connectivity index (χ4n) is 2.63. The van der Waals surface area contributed by atoms with E-state index in [2.05, 4.69) is 26.6 Å². The highest BCUT2D eigenvalue weighted by atomic mass is 16.5. The molecule has 0 spiro atoms. The third kappa shape index (κ3) is 4.43. The van der Waals surface area contributed by atoms with Crippen molar-refractivity contribution in [2.45, 2.75) is 5.92 Å². The number of nitrogens with one attached hydrogen (secondary N) is 1. The Labute approximate surface area is 163 Å². The number of benzene rings is 2. The van der Waals surface area contributed by atoms with Gasteiger partial charge < -0.3 is 9.47 Å². The van der Waals surface area contributed by atoms with Crippen LogP contribution in [0.1, 0.15) is 22.7 Å². The fourth-order valence-corrected chi connectivity index (χ4v) is 2.63. The van der Waals surface area contributed by atoms with Crippen molar-refractivity contribution in [2.24, 2.45) is 5.10 Å². The fraction of sp³-hybridized carbons (Fsp3) is 0.143. The van der Waals surface area contributed by atoms with Crippen molar-refractivity contribution in [2.75, 3.05) is 19.6 Å². The first kappa shape index (κ1) is 18.9. The maximum Gasteiger partial charge on any atom is 0.165 e. The van der Waals surface area contributed by atoms with Crippen molar-refractivity contribution in [3.63, 3.8) is 0 Å². The lowest BCUT2D eigenvalue weighted by Crippen LogP contribution is -2.05. The van der Waals surface area contributed by atoms with E-state index in [1.165, 1.54) is 0 Å². The molecule has 1 aromatic heterocycles. The Hall–Kier alpha value is -3.92. The molecule has 1 heterocycles. The monoisotopic (exact) mass is 373 g/mol. The second kappa shape index (κ2) is 9.14. The highest BCUT2D eigenvalue weighted by Gasteiger charge is 2.18. The average Bonchev–Trinajstić information content (AvgIpc) is 2.75. The topological polar surface area (TPSA) is 92.4 Å². The first-order chi connectivity index (χ1) is 13.7. The molecule has 7 nitrogen and oxygen atoms in total. The predicted octanol–water partition coefficient (Wildman–Crippen LogP) is 3.60. The number of hydrazone groups is 1. The molecule has 28 heavy (non-hydrogen) atoms. The van der Waals surface area contributed by atoms with Gasteiger partial charge in [0.15, 0.2) is 17.3 Å². The summed E-state index contributed by atoms with van der Waals surface area (Å²) in [6.07, 6.45) is 4.80. The summed E-state index contributed by atoms with van der Waals surface area (Å²) in [6, 6.07) is 17.3. The van der Waals surface area contributed by atoms with Gasteiger partial charge in [-0.3, -0.25) is 10.4 Å². The predicted molar refractivity (Wildman–Crippen MR) is 107 cm³/mol. The molecule has 0 aliphatic heterocycles. The molecule has 3 aromatic rings. The lowest BCUT2D eigenvalue weighted by Gasteiger charge is -2.13. The molecule has 0 saturated carbocycles. The Bertz CT molecular complexity index is 999. The Kier molecular flexibility index (Phi) is 6.16. The molecule has 140 valence electrons. The van der Waals surface area contributed by atoms with Crippen molar-refractivity contribution in [1.82, 2.24) is 9.97 Å². The minimum absolute atomic E-state index is 0.449. The Morgan fingerprint density at radius 1 is 1.07 bits per heavy atom. The standard InChI is InChI=1S/C21H19N5O2/c1-27-19-9-8-16(10-20(19)28-2)17(11-22)18-13-23-14-21(25-18)26-24-12-15-6-4-3-5-7-15/h3-10,12-14,17H,1-2H3,(H,25,26)/b24-12+. The largest absolute Gasteiger partial charge is 0.493 e. The number of nitrogens with zero attached hydrogens (tertiary/aromatic N) is 4. The highest BCUT2D eigenvalue weighted by molar-refractivity contribution is 5.79. The van der Waals surface area contributed by atoms with Crippen molar-refractivity contribution in [1.29, 1.82) is 5.26 Å². The maximum atomic E-state index is 9.70. The minimum Gasteiger partial charge on any atom is -0.493 e. The van der Waals surface area contributed by atoms with Crippen LogP contribution in [0, 0.1) is 11.3 Å². The molecule has 0 bridgehead atoms. The molecular formula is C21H19N5O2. The van der Waals surface area contributed by atoms with Crippen LogP contribution in [0.3, 0.4) is 0 Å².